The first kappa shape index (κ1) is 25.5. The number of carboxylic acid groups (broad SMARTS) is 1. The fourth-order valence-electron chi connectivity index (χ4n) is 2.69. The van der Waals surface area contributed by atoms with Gasteiger partial charge in [-0.05, 0) is 42.0 Å². The van der Waals surface area contributed by atoms with Crippen LogP contribution >= 0.6 is 11.6 Å². The summed E-state index contributed by atoms with van der Waals surface area (Å²) in [6.45, 7) is 0. The predicted octanol–water partition coefficient (Wildman–Crippen LogP) is 7.73. The van der Waals surface area contributed by atoms with E-state index in [1.54, 1.807) is 0 Å². The average molecular weight is 495 g/mol. The third-order valence-corrected chi connectivity index (χ3v) is 4.32. The third kappa shape index (κ3) is 5.93. The van der Waals surface area contributed by atoms with E-state index >= 15 is 0 Å². The Labute approximate surface area is 177 Å². The molecule has 0 aliphatic carbocycles. The van der Waals surface area contributed by atoms with Crippen molar-refractivity contribution in [1.29, 1.82) is 0 Å². The Morgan fingerprint density at radius 3 is 1.97 bits per heavy atom. The summed E-state index contributed by atoms with van der Waals surface area (Å²) in [5.41, 5.74) is -6.81. The Balaban J connectivity index is 2.65. The average Bonchev–Trinajstić information content (AvgIpc) is 2.62. The van der Waals surface area contributed by atoms with E-state index in [2.05, 4.69) is 0 Å². The summed E-state index contributed by atoms with van der Waals surface area (Å²) in [7, 11) is 0. The normalized spacial score (nSPS) is 14.4. The minimum Gasteiger partial charge on any atom is -0.478 e. The second-order valence-electron chi connectivity index (χ2n) is 6.37. The number of allylic oxidation sites excluding steroid dienone is 1. The van der Waals surface area contributed by atoms with Crippen molar-refractivity contribution in [1.82, 2.24) is 0 Å². The molecular weight excluding hydrogens is 486 g/mol. The van der Waals surface area contributed by atoms with Crippen LogP contribution in [0.25, 0.3) is 5.83 Å². The van der Waals surface area contributed by atoms with Crippen LogP contribution in [-0.2, 0) is 12.4 Å². The lowest BCUT2D eigenvalue weighted by molar-refractivity contribution is -0.142. The second-order valence-corrected chi connectivity index (χ2v) is 6.80. The minimum atomic E-state index is -5.35. The molecule has 174 valence electrons. The molecule has 2 aromatic carbocycles. The van der Waals surface area contributed by atoms with Crippen molar-refractivity contribution in [2.75, 3.05) is 0 Å². The number of carbonyl (C=O) groups is 1. The first-order valence-electron chi connectivity index (χ1n) is 8.18. The quantitative estimate of drug-likeness (QED) is 0.442. The van der Waals surface area contributed by atoms with Gasteiger partial charge in [0, 0.05) is 10.6 Å². The van der Waals surface area contributed by atoms with Gasteiger partial charge in [0.2, 0.25) is 0 Å². The molecule has 2 aromatic rings. The van der Waals surface area contributed by atoms with Gasteiger partial charge in [0.15, 0.2) is 0 Å². The molecule has 0 radical (unpaired) electrons. The van der Waals surface area contributed by atoms with E-state index < -0.39 is 69.1 Å². The van der Waals surface area contributed by atoms with Crippen LogP contribution < -0.4 is 0 Å². The highest BCUT2D eigenvalue weighted by Gasteiger charge is 2.42. The van der Waals surface area contributed by atoms with E-state index in [1.807, 2.05) is 0 Å². The van der Waals surface area contributed by atoms with Gasteiger partial charge in [-0.2, -0.15) is 39.5 Å². The molecule has 0 aromatic heterocycles. The number of halogens is 11. The molecule has 1 atom stereocenters. The summed E-state index contributed by atoms with van der Waals surface area (Å²) in [5, 5.41) is 8.08. The summed E-state index contributed by atoms with van der Waals surface area (Å²) in [5.74, 6) is -6.89. The fraction of sp³-hybridized carbons (Fsp3) is 0.211. The Morgan fingerprint density at radius 2 is 1.50 bits per heavy atom. The standard InChI is InChI=1S/C19H9ClF10O2/c20-11-4-9(3-10(6-11)17(22,23)24)13(18(25,26)27)7-15(21)8-1-2-12(16(31)32)14(5-8)19(28,29)30/h1-7,13H,(H,31,32). The van der Waals surface area contributed by atoms with E-state index in [1.165, 1.54) is 0 Å². The molecule has 32 heavy (non-hydrogen) atoms. The highest BCUT2D eigenvalue weighted by Crippen LogP contribution is 2.42. The van der Waals surface area contributed by atoms with Crippen molar-refractivity contribution in [3.63, 3.8) is 0 Å². The number of hydrogen-bond acceptors (Lipinski definition) is 1. The number of carboxylic acids is 1. The highest BCUT2D eigenvalue weighted by atomic mass is 35.5. The Kier molecular flexibility index (Phi) is 6.89. The van der Waals surface area contributed by atoms with E-state index in [0.717, 1.165) is 0 Å². The molecular formula is C19H9ClF10O2. The molecule has 1 N–H and O–H groups in total. The molecule has 1 unspecified atom stereocenters. The van der Waals surface area contributed by atoms with Gasteiger partial charge >= 0.3 is 24.5 Å². The van der Waals surface area contributed by atoms with Crippen molar-refractivity contribution in [2.45, 2.75) is 24.4 Å². The van der Waals surface area contributed by atoms with Crippen molar-refractivity contribution in [3.8, 4) is 0 Å². The van der Waals surface area contributed by atoms with Gasteiger partial charge in [-0.3, -0.25) is 0 Å². The van der Waals surface area contributed by atoms with E-state index in [4.69, 9.17) is 16.7 Å². The maximum Gasteiger partial charge on any atom is 0.417 e. The Hall–Kier alpha value is -2.76. The van der Waals surface area contributed by atoms with E-state index in [-0.39, 0.29) is 18.2 Å². The van der Waals surface area contributed by atoms with E-state index in [9.17, 15) is 48.7 Å². The lowest BCUT2D eigenvalue weighted by Crippen LogP contribution is -2.20. The fourth-order valence-corrected chi connectivity index (χ4v) is 2.94. The molecule has 0 aliphatic rings. The largest absolute Gasteiger partial charge is 0.478 e. The molecule has 0 fully saturated rings. The van der Waals surface area contributed by atoms with Crippen LogP contribution in [0.5, 0.6) is 0 Å². The van der Waals surface area contributed by atoms with Crippen LogP contribution in [0.15, 0.2) is 42.5 Å². The van der Waals surface area contributed by atoms with Crippen LogP contribution in [0.2, 0.25) is 5.02 Å². The highest BCUT2D eigenvalue weighted by molar-refractivity contribution is 6.30. The topological polar surface area (TPSA) is 37.3 Å². The molecule has 0 saturated carbocycles. The molecule has 0 heterocycles. The molecule has 0 aliphatic heterocycles. The zero-order chi connectivity index (χ0) is 24.6. The van der Waals surface area contributed by atoms with Crippen molar-refractivity contribution >= 4 is 23.4 Å². The van der Waals surface area contributed by atoms with Gasteiger partial charge in [-0.25, -0.2) is 9.18 Å². The van der Waals surface area contributed by atoms with Crippen LogP contribution in [0.3, 0.4) is 0 Å². The number of benzene rings is 2. The number of alkyl halides is 9. The SMILES string of the molecule is O=C(O)c1ccc(C(F)=CC(c2cc(Cl)cc(C(F)(F)F)c2)C(F)(F)F)cc1C(F)(F)F. The minimum absolute atomic E-state index is 0.0121. The summed E-state index contributed by atoms with van der Waals surface area (Å²) >= 11 is 5.46. The van der Waals surface area contributed by atoms with Gasteiger partial charge in [0.1, 0.15) is 11.7 Å². The lowest BCUT2D eigenvalue weighted by Gasteiger charge is -2.20. The van der Waals surface area contributed by atoms with Gasteiger partial charge in [0.05, 0.1) is 16.7 Å². The molecule has 0 saturated heterocycles. The molecule has 0 amide bonds. The van der Waals surface area contributed by atoms with Gasteiger partial charge in [-0.15, -0.1) is 0 Å². The van der Waals surface area contributed by atoms with Crippen LogP contribution in [-0.4, -0.2) is 17.3 Å². The Bertz CT molecular complexity index is 1050. The van der Waals surface area contributed by atoms with Gasteiger partial charge < -0.3 is 5.11 Å². The zero-order valence-corrected chi connectivity index (χ0v) is 15.9. The van der Waals surface area contributed by atoms with Crippen molar-refractivity contribution < 1.29 is 53.8 Å². The van der Waals surface area contributed by atoms with Crippen molar-refractivity contribution in [3.05, 3.63) is 75.3 Å². The van der Waals surface area contributed by atoms with Gasteiger partial charge in [-0.1, -0.05) is 17.7 Å². The number of aromatic carboxylic acids is 1. The summed E-state index contributed by atoms with van der Waals surface area (Å²) in [4.78, 5) is 10.9. The Morgan fingerprint density at radius 1 is 0.906 bits per heavy atom. The zero-order valence-electron chi connectivity index (χ0n) is 15.1. The molecule has 0 spiro atoms. The number of hydrogen-bond donors (Lipinski definition) is 1. The maximum absolute atomic E-state index is 14.5. The molecule has 2 nitrogen and oxygen atoms in total. The van der Waals surface area contributed by atoms with Crippen LogP contribution in [0.4, 0.5) is 43.9 Å². The smallest absolute Gasteiger partial charge is 0.417 e. The monoisotopic (exact) mass is 494 g/mol. The van der Waals surface area contributed by atoms with Gasteiger partial charge in [0.25, 0.3) is 0 Å². The first-order chi connectivity index (χ1) is 14.4. The second kappa shape index (κ2) is 8.64. The lowest BCUT2D eigenvalue weighted by atomic mass is 9.94. The van der Waals surface area contributed by atoms with Crippen LogP contribution in [0.1, 0.15) is 38.5 Å². The summed E-state index contributed by atoms with van der Waals surface area (Å²) in [6, 6.07) is 1.77. The molecule has 0 bridgehead atoms. The predicted molar refractivity (Wildman–Crippen MR) is 92.7 cm³/mol. The first-order valence-corrected chi connectivity index (χ1v) is 8.55. The van der Waals surface area contributed by atoms with Crippen LogP contribution in [0, 0.1) is 0 Å². The molecule has 2 rings (SSSR count). The number of rotatable bonds is 4. The molecule has 13 heteroatoms. The third-order valence-electron chi connectivity index (χ3n) is 4.10. The van der Waals surface area contributed by atoms with Crippen molar-refractivity contribution in [2.24, 2.45) is 0 Å². The summed E-state index contributed by atoms with van der Waals surface area (Å²) in [6.07, 6.45) is -15.9. The maximum atomic E-state index is 14.5. The summed E-state index contributed by atoms with van der Waals surface area (Å²) < 4.78 is 133. The van der Waals surface area contributed by atoms with E-state index in [0.29, 0.717) is 24.3 Å².